The predicted molar refractivity (Wildman–Crippen MR) is 92.8 cm³/mol. The number of ether oxygens (including phenoxy) is 2. The SMILES string of the molecule is CCOCC1CCN(C(=NC)NC2CC(OCC)C23CCC3)C1. The molecule has 1 saturated heterocycles. The van der Waals surface area contributed by atoms with Crippen LogP contribution in [0.4, 0.5) is 0 Å². The number of nitrogens with one attached hydrogen (secondary N) is 1. The Labute approximate surface area is 140 Å². The first kappa shape index (κ1) is 17.0. The zero-order chi connectivity index (χ0) is 16.3. The van der Waals surface area contributed by atoms with Gasteiger partial charge in [0.25, 0.3) is 0 Å². The number of nitrogens with zero attached hydrogens (tertiary/aromatic N) is 2. The number of aliphatic imine (C=N–C) groups is 1. The van der Waals surface area contributed by atoms with Crippen LogP contribution in [-0.2, 0) is 9.47 Å². The zero-order valence-corrected chi connectivity index (χ0v) is 15.0. The van der Waals surface area contributed by atoms with Crippen LogP contribution in [0.25, 0.3) is 0 Å². The van der Waals surface area contributed by atoms with Crippen LogP contribution in [0.2, 0.25) is 0 Å². The molecule has 2 saturated carbocycles. The first-order chi connectivity index (χ1) is 11.2. The molecule has 5 nitrogen and oxygen atoms in total. The third kappa shape index (κ3) is 3.22. The number of guanidine groups is 1. The number of hydrogen-bond acceptors (Lipinski definition) is 3. The van der Waals surface area contributed by atoms with Gasteiger partial charge in [-0.3, -0.25) is 4.99 Å². The van der Waals surface area contributed by atoms with E-state index in [-0.39, 0.29) is 0 Å². The second-order valence-corrected chi connectivity index (χ2v) is 7.27. The van der Waals surface area contributed by atoms with Crippen molar-refractivity contribution in [2.45, 2.75) is 58.1 Å². The quantitative estimate of drug-likeness (QED) is 0.602. The van der Waals surface area contributed by atoms with Gasteiger partial charge in [-0.1, -0.05) is 6.42 Å². The summed E-state index contributed by atoms with van der Waals surface area (Å²) in [7, 11) is 1.91. The lowest BCUT2D eigenvalue weighted by Gasteiger charge is -2.61. The highest BCUT2D eigenvalue weighted by molar-refractivity contribution is 5.80. The average molecular weight is 323 g/mol. The molecule has 0 radical (unpaired) electrons. The van der Waals surface area contributed by atoms with E-state index in [9.17, 15) is 0 Å². The Morgan fingerprint density at radius 1 is 1.30 bits per heavy atom. The van der Waals surface area contributed by atoms with Gasteiger partial charge in [0.05, 0.1) is 12.7 Å². The van der Waals surface area contributed by atoms with Gasteiger partial charge in [0.2, 0.25) is 0 Å². The first-order valence-electron chi connectivity index (χ1n) is 9.41. The van der Waals surface area contributed by atoms with Gasteiger partial charge in [0, 0.05) is 50.7 Å². The standard InChI is InChI=1S/C18H33N3O2/c1-4-22-13-14-7-10-21(12-14)17(19-3)20-15-11-16(23-5-2)18(15)8-6-9-18/h14-16H,4-13H2,1-3H3,(H,19,20). The Balaban J connectivity index is 1.53. The largest absolute Gasteiger partial charge is 0.381 e. The molecule has 1 aliphatic heterocycles. The third-order valence-corrected chi connectivity index (χ3v) is 6.10. The molecule has 1 heterocycles. The van der Waals surface area contributed by atoms with E-state index in [1.807, 2.05) is 7.05 Å². The second-order valence-electron chi connectivity index (χ2n) is 7.27. The van der Waals surface area contributed by atoms with Gasteiger partial charge < -0.3 is 19.7 Å². The predicted octanol–water partition coefficient (Wildman–Crippen LogP) is 2.27. The van der Waals surface area contributed by atoms with Crippen molar-refractivity contribution in [3.05, 3.63) is 0 Å². The Kier molecular flexibility index (Phi) is 5.47. The summed E-state index contributed by atoms with van der Waals surface area (Å²) in [4.78, 5) is 6.96. The van der Waals surface area contributed by atoms with Crippen molar-refractivity contribution in [1.29, 1.82) is 0 Å². The van der Waals surface area contributed by atoms with Crippen LogP contribution in [0.3, 0.4) is 0 Å². The molecule has 0 aromatic heterocycles. The van der Waals surface area contributed by atoms with E-state index in [1.54, 1.807) is 0 Å². The van der Waals surface area contributed by atoms with Crippen LogP contribution in [0.15, 0.2) is 4.99 Å². The number of likely N-dealkylation sites (tertiary alicyclic amines) is 1. The molecular weight excluding hydrogens is 290 g/mol. The lowest BCUT2D eigenvalue weighted by molar-refractivity contribution is -0.168. The van der Waals surface area contributed by atoms with Gasteiger partial charge >= 0.3 is 0 Å². The summed E-state index contributed by atoms with van der Waals surface area (Å²) >= 11 is 0. The monoisotopic (exact) mass is 323 g/mol. The van der Waals surface area contributed by atoms with Gasteiger partial charge in [-0.2, -0.15) is 0 Å². The molecule has 3 unspecified atom stereocenters. The highest BCUT2D eigenvalue weighted by atomic mass is 16.5. The van der Waals surface area contributed by atoms with Crippen LogP contribution < -0.4 is 5.32 Å². The smallest absolute Gasteiger partial charge is 0.193 e. The fourth-order valence-corrected chi connectivity index (χ4v) is 4.54. The van der Waals surface area contributed by atoms with Gasteiger partial charge in [-0.15, -0.1) is 0 Å². The van der Waals surface area contributed by atoms with Crippen LogP contribution in [0.5, 0.6) is 0 Å². The molecule has 3 aliphatic rings. The van der Waals surface area contributed by atoms with E-state index in [2.05, 4.69) is 29.1 Å². The maximum atomic E-state index is 5.96. The Bertz CT molecular complexity index is 422. The number of hydrogen-bond donors (Lipinski definition) is 1. The molecule has 132 valence electrons. The molecular formula is C18H33N3O2. The summed E-state index contributed by atoms with van der Waals surface area (Å²) in [6.07, 6.45) is 6.75. The summed E-state index contributed by atoms with van der Waals surface area (Å²) in [6.45, 7) is 8.85. The molecule has 1 N–H and O–H groups in total. The zero-order valence-electron chi connectivity index (χ0n) is 15.0. The fourth-order valence-electron chi connectivity index (χ4n) is 4.54. The minimum atomic E-state index is 0.385. The molecule has 23 heavy (non-hydrogen) atoms. The minimum absolute atomic E-state index is 0.385. The molecule has 0 aromatic carbocycles. The molecule has 1 spiro atoms. The van der Waals surface area contributed by atoms with E-state index in [0.29, 0.717) is 23.5 Å². The van der Waals surface area contributed by atoms with E-state index < -0.39 is 0 Å². The maximum absolute atomic E-state index is 5.96. The second kappa shape index (κ2) is 7.39. The van der Waals surface area contributed by atoms with Crippen molar-refractivity contribution in [3.63, 3.8) is 0 Å². The normalized spacial score (nSPS) is 32.7. The van der Waals surface area contributed by atoms with Crippen molar-refractivity contribution in [3.8, 4) is 0 Å². The molecule has 3 atom stereocenters. The molecule has 5 heteroatoms. The minimum Gasteiger partial charge on any atom is -0.381 e. The number of rotatable bonds is 6. The topological polar surface area (TPSA) is 46.1 Å². The van der Waals surface area contributed by atoms with Crippen LogP contribution in [-0.4, -0.2) is 63.0 Å². The summed E-state index contributed by atoms with van der Waals surface area (Å²) in [5.41, 5.74) is 0.385. The lowest BCUT2D eigenvalue weighted by Crippen LogP contribution is -2.68. The van der Waals surface area contributed by atoms with Crippen molar-refractivity contribution >= 4 is 5.96 Å². The molecule has 0 aromatic rings. The molecule has 0 bridgehead atoms. The summed E-state index contributed by atoms with van der Waals surface area (Å²) < 4.78 is 11.5. The highest BCUT2D eigenvalue weighted by Crippen LogP contribution is 2.57. The van der Waals surface area contributed by atoms with E-state index >= 15 is 0 Å². The van der Waals surface area contributed by atoms with Crippen LogP contribution >= 0.6 is 0 Å². The van der Waals surface area contributed by atoms with Crippen LogP contribution in [0, 0.1) is 11.3 Å². The van der Waals surface area contributed by atoms with Crippen LogP contribution in [0.1, 0.15) is 46.0 Å². The molecule has 0 amide bonds. The van der Waals surface area contributed by atoms with E-state index in [1.165, 1.54) is 25.7 Å². The van der Waals surface area contributed by atoms with Gasteiger partial charge in [0.15, 0.2) is 5.96 Å². The van der Waals surface area contributed by atoms with Crippen molar-refractivity contribution in [2.24, 2.45) is 16.3 Å². The lowest BCUT2D eigenvalue weighted by atomic mass is 9.51. The summed E-state index contributed by atoms with van der Waals surface area (Å²) in [5, 5.41) is 3.76. The van der Waals surface area contributed by atoms with E-state index in [0.717, 1.165) is 45.3 Å². The first-order valence-corrected chi connectivity index (χ1v) is 9.41. The fraction of sp³-hybridized carbons (Fsp3) is 0.944. The van der Waals surface area contributed by atoms with E-state index in [4.69, 9.17) is 9.47 Å². The van der Waals surface area contributed by atoms with Crippen molar-refractivity contribution < 1.29 is 9.47 Å². The maximum Gasteiger partial charge on any atom is 0.193 e. The van der Waals surface area contributed by atoms with Gasteiger partial charge in [0.1, 0.15) is 0 Å². The van der Waals surface area contributed by atoms with Crippen molar-refractivity contribution in [1.82, 2.24) is 10.2 Å². The molecule has 3 rings (SSSR count). The van der Waals surface area contributed by atoms with Gasteiger partial charge in [-0.05, 0) is 39.5 Å². The highest BCUT2D eigenvalue weighted by Gasteiger charge is 2.59. The Morgan fingerprint density at radius 3 is 2.74 bits per heavy atom. The average Bonchev–Trinajstić information content (AvgIpc) is 2.95. The Morgan fingerprint density at radius 2 is 2.13 bits per heavy atom. The summed E-state index contributed by atoms with van der Waals surface area (Å²) in [6, 6.07) is 0.539. The molecule has 2 aliphatic carbocycles. The van der Waals surface area contributed by atoms with Crippen molar-refractivity contribution in [2.75, 3.05) is 40.0 Å². The molecule has 3 fully saturated rings. The third-order valence-electron chi connectivity index (χ3n) is 6.10. The van der Waals surface area contributed by atoms with Gasteiger partial charge in [-0.25, -0.2) is 0 Å². The summed E-state index contributed by atoms with van der Waals surface area (Å²) in [5.74, 6) is 1.72. The Hall–Kier alpha value is -0.810.